The first-order chi connectivity index (χ1) is 18.5. The lowest BCUT2D eigenvalue weighted by Gasteiger charge is -2.33. The van der Waals surface area contributed by atoms with Crippen molar-refractivity contribution in [1.82, 2.24) is 24.4 Å². The normalized spacial score (nSPS) is 24.4. The number of halogens is 2. The number of rotatable bonds is 3. The van der Waals surface area contributed by atoms with E-state index in [1.165, 1.54) is 6.08 Å². The van der Waals surface area contributed by atoms with Crippen molar-refractivity contribution in [1.29, 1.82) is 0 Å². The van der Waals surface area contributed by atoms with Crippen LogP contribution in [0.3, 0.4) is 0 Å². The molecule has 198 valence electrons. The number of imidazole rings is 1. The standard InChI is InChI=1S/C28H29F2N5O3/c29-21-6-1-5-20(24(21)30)17-8-9-23(25-18(16-17)4-2-12-31-25)38-28(37)34-14-10-19(11-15-34)35-22-7-3-13-32-26(22)33-27(35)36/h1-4,6-7,12-13,17,19-20,23H,5,8-11,14-16H2,(H,32,33,36)/t17-,20?,23-/m1/s1. The molecule has 0 radical (unpaired) electrons. The zero-order valence-electron chi connectivity index (χ0n) is 20.9. The number of amides is 1. The lowest BCUT2D eigenvalue weighted by Crippen LogP contribution is -2.41. The van der Waals surface area contributed by atoms with Gasteiger partial charge in [0.05, 0.1) is 11.2 Å². The minimum Gasteiger partial charge on any atom is -0.440 e. The minimum absolute atomic E-state index is 0.0431. The molecule has 1 amide bonds. The molecule has 1 unspecified atom stereocenters. The molecule has 1 N–H and O–H groups in total. The maximum Gasteiger partial charge on any atom is 0.410 e. The largest absolute Gasteiger partial charge is 0.440 e. The highest BCUT2D eigenvalue weighted by atomic mass is 19.2. The number of carbonyl (C=O) groups excluding carboxylic acids is 1. The van der Waals surface area contributed by atoms with Crippen molar-refractivity contribution in [2.75, 3.05) is 13.1 Å². The number of fused-ring (bicyclic) bond motifs is 2. The van der Waals surface area contributed by atoms with Crippen molar-refractivity contribution in [2.24, 2.45) is 11.8 Å². The van der Waals surface area contributed by atoms with Gasteiger partial charge >= 0.3 is 11.8 Å². The van der Waals surface area contributed by atoms with E-state index in [-0.39, 0.29) is 17.6 Å². The molecular formula is C28H29F2N5O3. The van der Waals surface area contributed by atoms with Crippen LogP contribution in [-0.4, -0.2) is 43.6 Å². The van der Waals surface area contributed by atoms with Crippen LogP contribution < -0.4 is 5.69 Å². The molecule has 0 spiro atoms. The topological polar surface area (TPSA) is 93.1 Å². The van der Waals surface area contributed by atoms with Gasteiger partial charge in [0.15, 0.2) is 11.5 Å². The predicted octanol–water partition coefficient (Wildman–Crippen LogP) is 5.31. The number of ether oxygens (including phenoxy) is 1. The third-order valence-corrected chi connectivity index (χ3v) is 8.11. The number of H-pyrrole nitrogens is 1. The van der Waals surface area contributed by atoms with E-state index in [0.717, 1.165) is 11.1 Å². The smallest absolute Gasteiger partial charge is 0.410 e. The fraction of sp³-hybridized carbons (Fsp3) is 0.429. The van der Waals surface area contributed by atoms with E-state index in [0.29, 0.717) is 63.0 Å². The zero-order valence-corrected chi connectivity index (χ0v) is 20.9. The second-order valence-corrected chi connectivity index (χ2v) is 10.3. The van der Waals surface area contributed by atoms with Gasteiger partial charge < -0.3 is 9.64 Å². The van der Waals surface area contributed by atoms with Crippen molar-refractivity contribution in [3.8, 4) is 0 Å². The van der Waals surface area contributed by atoms with Crippen LogP contribution in [0.5, 0.6) is 0 Å². The number of likely N-dealkylation sites (tertiary alicyclic amines) is 1. The van der Waals surface area contributed by atoms with Gasteiger partial charge in [0.1, 0.15) is 11.9 Å². The van der Waals surface area contributed by atoms with E-state index < -0.39 is 29.8 Å². The lowest BCUT2D eigenvalue weighted by atomic mass is 9.80. The Morgan fingerprint density at radius 1 is 1.05 bits per heavy atom. The Hall–Kier alpha value is -3.82. The summed E-state index contributed by atoms with van der Waals surface area (Å²) in [5.41, 5.74) is 2.71. The summed E-state index contributed by atoms with van der Waals surface area (Å²) in [4.78, 5) is 39.0. The third-order valence-electron chi connectivity index (χ3n) is 8.11. The van der Waals surface area contributed by atoms with E-state index in [1.54, 1.807) is 34.0 Å². The average molecular weight is 522 g/mol. The predicted molar refractivity (Wildman–Crippen MR) is 137 cm³/mol. The van der Waals surface area contributed by atoms with E-state index in [2.05, 4.69) is 15.0 Å². The van der Waals surface area contributed by atoms with E-state index >= 15 is 0 Å². The highest BCUT2D eigenvalue weighted by Crippen LogP contribution is 2.42. The number of nitrogens with zero attached hydrogens (tertiary/aromatic N) is 4. The van der Waals surface area contributed by atoms with Crippen LogP contribution in [0, 0.1) is 11.8 Å². The Morgan fingerprint density at radius 2 is 1.84 bits per heavy atom. The molecule has 0 aromatic carbocycles. The van der Waals surface area contributed by atoms with Gasteiger partial charge in [0.25, 0.3) is 0 Å². The molecule has 8 nitrogen and oxygen atoms in total. The zero-order chi connectivity index (χ0) is 26.2. The molecular weight excluding hydrogens is 492 g/mol. The highest BCUT2D eigenvalue weighted by molar-refractivity contribution is 5.70. The van der Waals surface area contributed by atoms with Gasteiger partial charge in [0, 0.05) is 37.4 Å². The summed E-state index contributed by atoms with van der Waals surface area (Å²) in [5, 5.41) is 0. The summed E-state index contributed by atoms with van der Waals surface area (Å²) in [5.74, 6) is -2.12. The Kier molecular flexibility index (Phi) is 6.55. The van der Waals surface area contributed by atoms with Gasteiger partial charge in [-0.05, 0) is 74.3 Å². The molecule has 38 heavy (non-hydrogen) atoms. The van der Waals surface area contributed by atoms with Gasteiger partial charge in [-0.15, -0.1) is 0 Å². The van der Waals surface area contributed by atoms with Crippen LogP contribution in [0.15, 0.2) is 65.3 Å². The van der Waals surface area contributed by atoms with Crippen LogP contribution in [0.2, 0.25) is 0 Å². The summed E-state index contributed by atoms with van der Waals surface area (Å²) >= 11 is 0. The van der Waals surface area contributed by atoms with Crippen LogP contribution in [-0.2, 0) is 11.2 Å². The van der Waals surface area contributed by atoms with Crippen molar-refractivity contribution >= 4 is 17.3 Å². The number of allylic oxidation sites excluding steroid dienone is 4. The minimum atomic E-state index is -0.797. The van der Waals surface area contributed by atoms with Gasteiger partial charge in [-0.1, -0.05) is 12.1 Å². The fourth-order valence-electron chi connectivity index (χ4n) is 6.16. The second kappa shape index (κ2) is 10.2. The molecule has 3 atom stereocenters. The van der Waals surface area contributed by atoms with Crippen molar-refractivity contribution in [3.05, 3.63) is 82.2 Å². The number of hydrogen-bond acceptors (Lipinski definition) is 5. The van der Waals surface area contributed by atoms with Gasteiger partial charge in [-0.2, -0.15) is 0 Å². The van der Waals surface area contributed by atoms with Gasteiger partial charge in [-0.3, -0.25) is 14.5 Å². The number of aromatic nitrogens is 4. The first-order valence-corrected chi connectivity index (χ1v) is 13.2. The van der Waals surface area contributed by atoms with Crippen LogP contribution in [0.4, 0.5) is 13.6 Å². The van der Waals surface area contributed by atoms with E-state index in [1.807, 2.05) is 18.2 Å². The van der Waals surface area contributed by atoms with Crippen LogP contribution >= 0.6 is 0 Å². The number of hydrogen-bond donors (Lipinski definition) is 1. The molecule has 1 saturated heterocycles. The molecule has 10 heteroatoms. The first-order valence-electron chi connectivity index (χ1n) is 13.2. The SMILES string of the molecule is O=C(O[C@@H]1CC[C@@H](C2CC=CC(F)=C2F)Cc2cccnc21)N1CCC(n2c(=O)[nH]c3ncccc32)CC1. The maximum atomic E-state index is 14.6. The van der Waals surface area contributed by atoms with Crippen molar-refractivity contribution in [2.45, 2.75) is 50.7 Å². The Balaban J connectivity index is 1.14. The lowest BCUT2D eigenvalue weighted by molar-refractivity contribution is 0.0458. The van der Waals surface area contributed by atoms with Crippen molar-refractivity contribution < 1.29 is 18.3 Å². The molecule has 3 aromatic heterocycles. The summed E-state index contributed by atoms with van der Waals surface area (Å²) in [6.45, 7) is 0.911. The number of pyridine rings is 2. The van der Waals surface area contributed by atoms with Gasteiger partial charge in [0.2, 0.25) is 0 Å². The van der Waals surface area contributed by atoms with Crippen LogP contribution in [0.1, 0.15) is 55.5 Å². The molecule has 2 aliphatic carbocycles. The van der Waals surface area contributed by atoms with Crippen molar-refractivity contribution in [3.63, 3.8) is 0 Å². The Bertz CT molecular complexity index is 1470. The quantitative estimate of drug-likeness (QED) is 0.472. The summed E-state index contributed by atoms with van der Waals surface area (Å²) < 4.78 is 36.3. The molecule has 0 bridgehead atoms. The Labute approximate surface area is 218 Å². The average Bonchev–Trinajstić information content (AvgIpc) is 3.16. The Morgan fingerprint density at radius 3 is 2.68 bits per heavy atom. The molecule has 1 aliphatic heterocycles. The number of nitrogens with one attached hydrogen (secondary N) is 1. The first kappa shape index (κ1) is 24.5. The summed E-state index contributed by atoms with van der Waals surface area (Å²) in [6.07, 6.45) is 8.52. The maximum absolute atomic E-state index is 14.6. The monoisotopic (exact) mass is 521 g/mol. The number of carbonyl (C=O) groups is 1. The summed E-state index contributed by atoms with van der Waals surface area (Å²) in [7, 11) is 0. The van der Waals surface area contributed by atoms with E-state index in [9.17, 15) is 18.4 Å². The third kappa shape index (κ3) is 4.52. The second-order valence-electron chi connectivity index (χ2n) is 10.3. The van der Waals surface area contributed by atoms with Gasteiger partial charge in [-0.25, -0.2) is 23.4 Å². The summed E-state index contributed by atoms with van der Waals surface area (Å²) in [6, 6.07) is 7.37. The highest BCUT2D eigenvalue weighted by Gasteiger charge is 2.36. The molecule has 3 aromatic rings. The number of aromatic amines is 1. The fourth-order valence-corrected chi connectivity index (χ4v) is 6.16. The number of piperidine rings is 1. The van der Waals surface area contributed by atoms with Crippen LogP contribution in [0.25, 0.3) is 11.2 Å². The molecule has 1 fully saturated rings. The molecule has 6 rings (SSSR count). The molecule has 3 aliphatic rings. The van der Waals surface area contributed by atoms with E-state index in [4.69, 9.17) is 4.74 Å². The molecule has 4 heterocycles. The molecule has 0 saturated carbocycles.